The number of amides is 2. The van der Waals surface area contributed by atoms with Crippen LogP contribution in [0.25, 0.3) is 10.2 Å². The van der Waals surface area contributed by atoms with Gasteiger partial charge in [-0.2, -0.15) is 10.4 Å². The van der Waals surface area contributed by atoms with Gasteiger partial charge in [-0.1, -0.05) is 18.2 Å². The van der Waals surface area contributed by atoms with Gasteiger partial charge in [-0.25, -0.2) is 0 Å². The van der Waals surface area contributed by atoms with Crippen molar-refractivity contribution in [2.24, 2.45) is 0 Å². The first kappa shape index (κ1) is 19.2. The van der Waals surface area contributed by atoms with Gasteiger partial charge in [-0.15, -0.1) is 11.3 Å². The van der Waals surface area contributed by atoms with Crippen molar-refractivity contribution in [2.45, 2.75) is 0 Å². The van der Waals surface area contributed by atoms with Crippen molar-refractivity contribution in [3.63, 3.8) is 0 Å². The van der Waals surface area contributed by atoms with E-state index in [1.165, 1.54) is 18.4 Å². The fourth-order valence-electron chi connectivity index (χ4n) is 2.84. The molecule has 2 amide bonds. The molecule has 0 fully saturated rings. The van der Waals surface area contributed by atoms with E-state index in [1.54, 1.807) is 54.6 Å². The van der Waals surface area contributed by atoms with Gasteiger partial charge in [0, 0.05) is 5.56 Å². The van der Waals surface area contributed by atoms with Crippen molar-refractivity contribution in [3.05, 3.63) is 70.6 Å². The molecule has 2 aromatic carbocycles. The summed E-state index contributed by atoms with van der Waals surface area (Å²) in [6.07, 6.45) is 0. The molecule has 2 aromatic heterocycles. The Morgan fingerprint density at radius 1 is 1.10 bits per heavy atom. The number of para-hydroxylation sites is 1. The molecule has 4 aromatic rings. The first-order valence-corrected chi connectivity index (χ1v) is 9.64. The van der Waals surface area contributed by atoms with Gasteiger partial charge in [0.25, 0.3) is 11.8 Å². The monoisotopic (exact) mass is 417 g/mol. The van der Waals surface area contributed by atoms with Crippen LogP contribution in [0, 0.1) is 11.3 Å². The number of fused-ring (bicyclic) bond motifs is 1. The molecule has 0 unspecified atom stereocenters. The van der Waals surface area contributed by atoms with Gasteiger partial charge in [-0.3, -0.25) is 14.7 Å². The van der Waals surface area contributed by atoms with Crippen LogP contribution >= 0.6 is 11.3 Å². The number of methoxy groups -OCH3 is 1. The summed E-state index contributed by atoms with van der Waals surface area (Å²) in [6, 6.07) is 17.2. The van der Waals surface area contributed by atoms with Gasteiger partial charge in [0.2, 0.25) is 0 Å². The molecule has 0 aliphatic rings. The van der Waals surface area contributed by atoms with Gasteiger partial charge in [0.1, 0.15) is 22.5 Å². The van der Waals surface area contributed by atoms with Crippen LogP contribution in [0.3, 0.4) is 0 Å². The lowest BCUT2D eigenvalue weighted by Crippen LogP contribution is -2.12. The Kier molecular flexibility index (Phi) is 5.15. The quantitative estimate of drug-likeness (QED) is 0.453. The highest BCUT2D eigenvalue weighted by Crippen LogP contribution is 2.30. The number of benzene rings is 2. The molecule has 9 heteroatoms. The molecule has 2 heterocycles. The van der Waals surface area contributed by atoms with Crippen LogP contribution in [0.5, 0.6) is 5.75 Å². The second kappa shape index (κ2) is 8.06. The van der Waals surface area contributed by atoms with Crippen LogP contribution < -0.4 is 15.4 Å². The van der Waals surface area contributed by atoms with Gasteiger partial charge in [-0.05, 0) is 36.4 Å². The van der Waals surface area contributed by atoms with E-state index in [1.807, 2.05) is 6.07 Å². The average Bonchev–Trinajstić information content (AvgIpc) is 3.36. The number of nitriles is 1. The molecule has 4 rings (SSSR count). The second-order valence-corrected chi connectivity index (χ2v) is 7.26. The minimum atomic E-state index is -0.356. The predicted octanol–water partition coefficient (Wildman–Crippen LogP) is 4.01. The highest BCUT2D eigenvalue weighted by molar-refractivity contribution is 7.20. The number of nitrogens with one attached hydrogen (secondary N) is 3. The lowest BCUT2D eigenvalue weighted by molar-refractivity contribution is 0.102. The third-order valence-corrected chi connectivity index (χ3v) is 5.37. The number of rotatable bonds is 5. The van der Waals surface area contributed by atoms with Gasteiger partial charge >= 0.3 is 0 Å². The maximum absolute atomic E-state index is 12.6. The molecule has 0 aliphatic carbocycles. The molecule has 0 spiro atoms. The van der Waals surface area contributed by atoms with E-state index in [0.29, 0.717) is 43.5 Å². The third-order valence-electron chi connectivity index (χ3n) is 4.34. The van der Waals surface area contributed by atoms with Crippen molar-refractivity contribution in [1.82, 2.24) is 10.2 Å². The van der Waals surface area contributed by atoms with E-state index in [4.69, 9.17) is 10.00 Å². The zero-order chi connectivity index (χ0) is 21.1. The molecule has 3 N–H and O–H groups in total. The molecule has 0 atom stereocenters. The summed E-state index contributed by atoms with van der Waals surface area (Å²) in [4.78, 5) is 26.2. The predicted molar refractivity (Wildman–Crippen MR) is 114 cm³/mol. The number of aromatic amines is 1. The van der Waals surface area contributed by atoms with Crippen molar-refractivity contribution >= 4 is 44.9 Å². The largest absolute Gasteiger partial charge is 0.497 e. The van der Waals surface area contributed by atoms with Crippen LogP contribution in [0.15, 0.2) is 54.6 Å². The summed E-state index contributed by atoms with van der Waals surface area (Å²) < 4.78 is 5.14. The number of hydrogen-bond acceptors (Lipinski definition) is 6. The number of H-pyrrole nitrogens is 1. The summed E-state index contributed by atoms with van der Waals surface area (Å²) in [5.74, 6) is 0.278. The standard InChI is InChI=1S/C21H15N5O3S/c1-29-14-7-4-6-12(9-14)19(27)24-18-15-10-17(30-21(15)26-25-18)20(28)23-16-8-3-2-5-13(16)11-22/h2-10H,1H3,(H,23,28)(H2,24,25,26,27). The number of aromatic nitrogens is 2. The average molecular weight is 417 g/mol. The van der Waals surface area contributed by atoms with Crippen LogP contribution in [0.1, 0.15) is 25.6 Å². The van der Waals surface area contributed by atoms with E-state index in [-0.39, 0.29) is 11.8 Å². The van der Waals surface area contributed by atoms with Gasteiger partial charge in [0.05, 0.1) is 28.6 Å². The van der Waals surface area contributed by atoms with Crippen LogP contribution in [0.2, 0.25) is 0 Å². The Balaban J connectivity index is 1.55. The first-order chi connectivity index (χ1) is 14.6. The second-order valence-electron chi connectivity index (χ2n) is 6.23. The molecule has 0 bridgehead atoms. The zero-order valence-electron chi connectivity index (χ0n) is 15.7. The zero-order valence-corrected chi connectivity index (χ0v) is 16.5. The maximum Gasteiger partial charge on any atom is 0.265 e. The summed E-state index contributed by atoms with van der Waals surface area (Å²) in [6.45, 7) is 0. The van der Waals surface area contributed by atoms with Crippen LogP contribution in [-0.4, -0.2) is 29.1 Å². The van der Waals surface area contributed by atoms with E-state index in [2.05, 4.69) is 20.8 Å². The molecular weight excluding hydrogens is 402 g/mol. The lowest BCUT2D eigenvalue weighted by atomic mass is 10.2. The van der Waals surface area contributed by atoms with Crippen molar-refractivity contribution in [3.8, 4) is 11.8 Å². The molecule has 30 heavy (non-hydrogen) atoms. The molecule has 0 saturated carbocycles. The third kappa shape index (κ3) is 3.72. The molecular formula is C21H15N5O3S. The fraction of sp³-hybridized carbons (Fsp3) is 0.0476. The summed E-state index contributed by atoms with van der Waals surface area (Å²) in [5, 5.41) is 22.2. The Morgan fingerprint density at radius 3 is 2.73 bits per heavy atom. The molecule has 8 nitrogen and oxygen atoms in total. The highest BCUT2D eigenvalue weighted by Gasteiger charge is 2.18. The van der Waals surface area contributed by atoms with E-state index in [0.717, 1.165) is 0 Å². The van der Waals surface area contributed by atoms with Crippen molar-refractivity contribution in [2.75, 3.05) is 17.7 Å². The number of hydrogen-bond donors (Lipinski definition) is 3. The number of anilines is 2. The SMILES string of the molecule is COc1cccc(C(=O)Nc2[nH]nc3sc(C(=O)Nc4ccccc4C#N)cc23)c1. The van der Waals surface area contributed by atoms with Crippen LogP contribution in [0.4, 0.5) is 11.5 Å². The number of nitrogens with zero attached hydrogens (tertiary/aromatic N) is 2. The van der Waals surface area contributed by atoms with Gasteiger partial charge in [0.15, 0.2) is 0 Å². The number of ether oxygens (including phenoxy) is 1. The minimum absolute atomic E-state index is 0.334. The number of thiophene rings is 1. The van der Waals surface area contributed by atoms with Crippen LogP contribution in [-0.2, 0) is 0 Å². The Hall–Kier alpha value is -4.16. The summed E-state index contributed by atoms with van der Waals surface area (Å²) >= 11 is 1.18. The normalized spacial score (nSPS) is 10.4. The van der Waals surface area contributed by atoms with E-state index >= 15 is 0 Å². The summed E-state index contributed by atoms with van der Waals surface area (Å²) in [7, 11) is 1.53. The van der Waals surface area contributed by atoms with Crippen molar-refractivity contribution in [1.29, 1.82) is 5.26 Å². The van der Waals surface area contributed by atoms with E-state index in [9.17, 15) is 9.59 Å². The van der Waals surface area contributed by atoms with E-state index < -0.39 is 0 Å². The number of carbonyl (C=O) groups excluding carboxylic acids is 2. The molecule has 0 radical (unpaired) electrons. The Morgan fingerprint density at radius 2 is 1.93 bits per heavy atom. The first-order valence-electron chi connectivity index (χ1n) is 8.83. The highest BCUT2D eigenvalue weighted by atomic mass is 32.1. The summed E-state index contributed by atoms with van der Waals surface area (Å²) in [5.41, 5.74) is 1.24. The molecule has 148 valence electrons. The number of carbonyl (C=O) groups is 2. The molecule has 0 aliphatic heterocycles. The smallest absolute Gasteiger partial charge is 0.265 e. The fourth-order valence-corrected chi connectivity index (χ4v) is 3.73. The Labute approximate surface area is 175 Å². The molecule has 0 saturated heterocycles. The minimum Gasteiger partial charge on any atom is -0.497 e. The maximum atomic E-state index is 12.6. The van der Waals surface area contributed by atoms with Crippen molar-refractivity contribution < 1.29 is 14.3 Å². The Bertz CT molecular complexity index is 1300. The topological polar surface area (TPSA) is 120 Å². The lowest BCUT2D eigenvalue weighted by Gasteiger charge is -2.05. The van der Waals surface area contributed by atoms with Gasteiger partial charge < -0.3 is 15.4 Å².